The molecule has 1 amide bonds. The maximum Gasteiger partial charge on any atom is 0.232 e. The Morgan fingerprint density at radius 3 is 2.72 bits per heavy atom. The Hall–Kier alpha value is -1.07. The van der Waals surface area contributed by atoms with Gasteiger partial charge in [0.15, 0.2) is 0 Å². The van der Waals surface area contributed by atoms with E-state index in [1.54, 1.807) is 24.1 Å². The molecule has 0 aromatic carbocycles. The Bertz CT molecular complexity index is 392. The minimum absolute atomic E-state index is 0.120. The molecule has 0 saturated carbocycles. The van der Waals surface area contributed by atoms with E-state index >= 15 is 0 Å². The topological polar surface area (TPSA) is 53.4 Å². The molecule has 0 fully saturated rings. The maximum atomic E-state index is 11.8. The number of amides is 1. The molecule has 0 aliphatic carbocycles. The number of pyridine rings is 1. The van der Waals surface area contributed by atoms with Gasteiger partial charge in [-0.05, 0) is 38.5 Å². The van der Waals surface area contributed by atoms with Gasteiger partial charge < -0.3 is 10.0 Å². The van der Waals surface area contributed by atoms with E-state index in [2.05, 4.69) is 4.98 Å². The SMILES string of the molecule is CCN(CC)C(=O)CSc1cc([C@H](C)O)ccn1. The van der Waals surface area contributed by atoms with Crippen molar-refractivity contribution in [2.24, 2.45) is 0 Å². The van der Waals surface area contributed by atoms with E-state index in [0.717, 1.165) is 23.7 Å². The van der Waals surface area contributed by atoms with Gasteiger partial charge in [0.25, 0.3) is 0 Å². The summed E-state index contributed by atoms with van der Waals surface area (Å²) in [5, 5.41) is 10.2. The van der Waals surface area contributed by atoms with Gasteiger partial charge in [0.05, 0.1) is 16.9 Å². The van der Waals surface area contributed by atoms with E-state index in [-0.39, 0.29) is 5.91 Å². The Labute approximate surface area is 112 Å². The van der Waals surface area contributed by atoms with E-state index < -0.39 is 6.10 Å². The largest absolute Gasteiger partial charge is 0.389 e. The van der Waals surface area contributed by atoms with Crippen molar-refractivity contribution in [1.82, 2.24) is 9.88 Å². The second-order valence-corrected chi connectivity index (χ2v) is 4.95. The van der Waals surface area contributed by atoms with Gasteiger partial charge in [0.1, 0.15) is 0 Å². The van der Waals surface area contributed by atoms with Crippen LogP contribution in [-0.4, -0.2) is 39.7 Å². The standard InChI is InChI=1S/C13H20N2O2S/c1-4-15(5-2)13(17)9-18-12-8-11(10(3)16)6-7-14-12/h6-8,10,16H,4-5,9H2,1-3H3/t10-/m0/s1. The summed E-state index contributed by atoms with van der Waals surface area (Å²) in [5.41, 5.74) is 0.822. The van der Waals surface area contributed by atoms with Gasteiger partial charge in [-0.2, -0.15) is 0 Å². The molecular formula is C13H20N2O2S. The van der Waals surface area contributed by atoms with Gasteiger partial charge in [0.2, 0.25) is 5.91 Å². The zero-order valence-electron chi connectivity index (χ0n) is 11.1. The van der Waals surface area contributed by atoms with E-state index in [1.165, 1.54) is 11.8 Å². The zero-order valence-corrected chi connectivity index (χ0v) is 11.9. The van der Waals surface area contributed by atoms with Gasteiger partial charge in [-0.1, -0.05) is 11.8 Å². The monoisotopic (exact) mass is 268 g/mol. The van der Waals surface area contributed by atoms with Crippen LogP contribution < -0.4 is 0 Å². The minimum Gasteiger partial charge on any atom is -0.389 e. The van der Waals surface area contributed by atoms with Gasteiger partial charge >= 0.3 is 0 Å². The summed E-state index contributed by atoms with van der Waals surface area (Å²) in [6, 6.07) is 3.60. The lowest BCUT2D eigenvalue weighted by molar-refractivity contribution is -0.127. The first-order valence-corrected chi connectivity index (χ1v) is 7.11. The lowest BCUT2D eigenvalue weighted by Gasteiger charge is -2.18. The van der Waals surface area contributed by atoms with Crippen molar-refractivity contribution in [2.75, 3.05) is 18.8 Å². The number of nitrogens with zero attached hydrogens (tertiary/aromatic N) is 2. The van der Waals surface area contributed by atoms with Crippen LogP contribution in [0.4, 0.5) is 0 Å². The van der Waals surface area contributed by atoms with Crippen molar-refractivity contribution >= 4 is 17.7 Å². The highest BCUT2D eigenvalue weighted by molar-refractivity contribution is 7.99. The summed E-state index contributed by atoms with van der Waals surface area (Å²) < 4.78 is 0. The van der Waals surface area contributed by atoms with Crippen LogP contribution in [0.3, 0.4) is 0 Å². The molecule has 0 spiro atoms. The molecule has 100 valence electrons. The number of rotatable bonds is 6. The van der Waals surface area contributed by atoms with E-state index in [9.17, 15) is 9.90 Å². The quantitative estimate of drug-likeness (QED) is 0.803. The Morgan fingerprint density at radius 1 is 1.50 bits per heavy atom. The van der Waals surface area contributed by atoms with Crippen molar-refractivity contribution in [3.63, 3.8) is 0 Å². The highest BCUT2D eigenvalue weighted by Crippen LogP contribution is 2.20. The van der Waals surface area contributed by atoms with Gasteiger partial charge in [-0.25, -0.2) is 4.98 Å². The van der Waals surface area contributed by atoms with Crippen LogP contribution in [-0.2, 0) is 4.79 Å². The van der Waals surface area contributed by atoms with E-state index in [0.29, 0.717) is 5.75 Å². The van der Waals surface area contributed by atoms with Gasteiger partial charge in [0, 0.05) is 19.3 Å². The fraction of sp³-hybridized carbons (Fsp3) is 0.538. The fourth-order valence-corrected chi connectivity index (χ4v) is 2.38. The number of carbonyl (C=O) groups excluding carboxylic acids is 1. The molecule has 1 aromatic rings. The third kappa shape index (κ3) is 4.31. The first-order valence-electron chi connectivity index (χ1n) is 6.13. The second kappa shape index (κ2) is 7.38. The molecular weight excluding hydrogens is 248 g/mol. The maximum absolute atomic E-state index is 11.8. The smallest absolute Gasteiger partial charge is 0.232 e. The van der Waals surface area contributed by atoms with Crippen molar-refractivity contribution in [2.45, 2.75) is 31.9 Å². The van der Waals surface area contributed by atoms with Crippen LogP contribution >= 0.6 is 11.8 Å². The average molecular weight is 268 g/mol. The second-order valence-electron chi connectivity index (χ2n) is 3.96. The molecule has 5 heteroatoms. The highest BCUT2D eigenvalue weighted by Gasteiger charge is 2.11. The fourth-order valence-electron chi connectivity index (χ4n) is 1.57. The molecule has 1 aromatic heterocycles. The molecule has 0 unspecified atom stereocenters. The summed E-state index contributed by atoms with van der Waals surface area (Å²) in [6.45, 7) is 7.12. The summed E-state index contributed by atoms with van der Waals surface area (Å²) in [4.78, 5) is 17.8. The van der Waals surface area contributed by atoms with Crippen LogP contribution in [0.5, 0.6) is 0 Å². The molecule has 0 aliphatic heterocycles. The number of hydrogen-bond acceptors (Lipinski definition) is 4. The normalized spacial score (nSPS) is 12.2. The van der Waals surface area contributed by atoms with Crippen molar-refractivity contribution in [3.8, 4) is 0 Å². The van der Waals surface area contributed by atoms with Crippen molar-refractivity contribution < 1.29 is 9.90 Å². The zero-order chi connectivity index (χ0) is 13.5. The first kappa shape index (κ1) is 15.0. The van der Waals surface area contributed by atoms with Crippen LogP contribution in [0.2, 0.25) is 0 Å². The predicted octanol–water partition coefficient (Wildman–Crippen LogP) is 2.10. The molecule has 0 bridgehead atoms. The molecule has 0 aliphatic rings. The molecule has 1 atom stereocenters. The summed E-state index contributed by atoms with van der Waals surface area (Å²) >= 11 is 1.41. The molecule has 18 heavy (non-hydrogen) atoms. The number of carbonyl (C=O) groups is 1. The number of thioether (sulfide) groups is 1. The van der Waals surface area contributed by atoms with Gasteiger partial charge in [-0.3, -0.25) is 4.79 Å². The molecule has 0 saturated heterocycles. The van der Waals surface area contributed by atoms with Crippen molar-refractivity contribution in [3.05, 3.63) is 23.9 Å². The van der Waals surface area contributed by atoms with Gasteiger partial charge in [-0.15, -0.1) is 0 Å². The highest BCUT2D eigenvalue weighted by atomic mass is 32.2. The third-order valence-electron chi connectivity index (χ3n) is 2.70. The first-order chi connectivity index (χ1) is 8.58. The number of aromatic nitrogens is 1. The van der Waals surface area contributed by atoms with Crippen molar-refractivity contribution in [1.29, 1.82) is 0 Å². The summed E-state index contributed by atoms with van der Waals surface area (Å²) in [6.07, 6.45) is 1.15. The Kier molecular flexibility index (Phi) is 6.15. The Morgan fingerprint density at radius 2 is 2.17 bits per heavy atom. The van der Waals surface area contributed by atoms with Crippen LogP contribution in [0.25, 0.3) is 0 Å². The van der Waals surface area contributed by atoms with Crippen LogP contribution in [0, 0.1) is 0 Å². The summed E-state index contributed by atoms with van der Waals surface area (Å²) in [7, 11) is 0. The van der Waals surface area contributed by atoms with Crippen LogP contribution in [0.1, 0.15) is 32.4 Å². The molecule has 1 rings (SSSR count). The number of hydrogen-bond donors (Lipinski definition) is 1. The molecule has 1 heterocycles. The van der Waals surface area contributed by atoms with Crippen LogP contribution in [0.15, 0.2) is 23.4 Å². The minimum atomic E-state index is -0.508. The van der Waals surface area contributed by atoms with E-state index in [1.807, 2.05) is 19.9 Å². The number of aliphatic hydroxyl groups excluding tert-OH is 1. The Balaban J connectivity index is 2.58. The predicted molar refractivity (Wildman–Crippen MR) is 73.5 cm³/mol. The lowest BCUT2D eigenvalue weighted by atomic mass is 10.2. The lowest BCUT2D eigenvalue weighted by Crippen LogP contribution is -2.31. The van der Waals surface area contributed by atoms with E-state index in [4.69, 9.17) is 0 Å². The summed E-state index contributed by atoms with van der Waals surface area (Å²) in [5.74, 6) is 0.507. The molecule has 0 radical (unpaired) electrons. The third-order valence-corrected chi connectivity index (χ3v) is 3.61. The average Bonchev–Trinajstić information content (AvgIpc) is 2.38. The number of aliphatic hydroxyl groups is 1. The molecule has 4 nitrogen and oxygen atoms in total. The molecule has 1 N–H and O–H groups in total.